The topological polar surface area (TPSA) is 51.7 Å². The van der Waals surface area contributed by atoms with E-state index >= 15 is 0 Å². The van der Waals surface area contributed by atoms with E-state index in [4.69, 9.17) is 9.47 Å². The number of hydrogen-bond acceptors (Lipinski definition) is 5. The number of hydrogen-bond donors (Lipinski definition) is 0. The summed E-state index contributed by atoms with van der Waals surface area (Å²) in [5, 5.41) is 2.58. The molecule has 2 heterocycles. The fourth-order valence-corrected chi connectivity index (χ4v) is 3.83. The number of carbonyl (C=O) groups is 1. The third-order valence-corrected chi connectivity index (χ3v) is 5.24. The van der Waals surface area contributed by atoms with Crippen LogP contribution in [0.2, 0.25) is 0 Å². The van der Waals surface area contributed by atoms with Crippen LogP contribution in [0.25, 0.3) is 6.08 Å². The van der Waals surface area contributed by atoms with Gasteiger partial charge in [0.2, 0.25) is 0 Å². The summed E-state index contributed by atoms with van der Waals surface area (Å²) in [6.45, 7) is 4.66. The van der Waals surface area contributed by atoms with Gasteiger partial charge in [-0.05, 0) is 50.3 Å². The van der Waals surface area contributed by atoms with Crippen LogP contribution in [0.3, 0.4) is 0 Å². The maximum Gasteiger partial charge on any atom is 0.264 e. The zero-order chi connectivity index (χ0) is 19.5. The van der Waals surface area contributed by atoms with Gasteiger partial charge in [-0.3, -0.25) is 9.69 Å². The standard InChI is InChI=1S/C22H20N2O3S/c1-3-26-19-9-10-20-16(12-19)11-17(13-27-20)21(25)24(18-7-5-4-6-8-18)22-23-15(2)14-28-22/h4-12,14H,3,13H2,1-2H3. The van der Waals surface area contributed by atoms with Crippen molar-refractivity contribution in [1.82, 2.24) is 4.98 Å². The van der Waals surface area contributed by atoms with Crippen LogP contribution in [0, 0.1) is 6.92 Å². The van der Waals surface area contributed by atoms with Crippen molar-refractivity contribution in [1.29, 1.82) is 0 Å². The summed E-state index contributed by atoms with van der Waals surface area (Å²) in [5.41, 5.74) is 3.06. The lowest BCUT2D eigenvalue weighted by Crippen LogP contribution is -2.30. The average molecular weight is 392 g/mol. The lowest BCUT2D eigenvalue weighted by atomic mass is 10.1. The van der Waals surface area contributed by atoms with Crippen LogP contribution < -0.4 is 14.4 Å². The van der Waals surface area contributed by atoms with E-state index in [2.05, 4.69) is 4.98 Å². The minimum atomic E-state index is -0.145. The number of para-hydroxylation sites is 1. The SMILES string of the molecule is CCOc1ccc2c(c1)C=C(C(=O)N(c1ccccc1)c1nc(C)cs1)CO2. The molecule has 2 aromatic carbocycles. The summed E-state index contributed by atoms with van der Waals surface area (Å²) in [4.78, 5) is 19.6. The number of nitrogens with zero attached hydrogens (tertiary/aromatic N) is 2. The van der Waals surface area contributed by atoms with E-state index in [1.54, 1.807) is 4.90 Å². The number of aromatic nitrogens is 1. The second-order valence-electron chi connectivity index (χ2n) is 6.34. The third kappa shape index (κ3) is 3.64. The van der Waals surface area contributed by atoms with Crippen molar-refractivity contribution < 1.29 is 14.3 Å². The van der Waals surface area contributed by atoms with Gasteiger partial charge in [-0.2, -0.15) is 0 Å². The van der Waals surface area contributed by atoms with Crippen molar-refractivity contribution in [3.05, 3.63) is 70.7 Å². The Labute approximate surface area is 167 Å². The van der Waals surface area contributed by atoms with Gasteiger partial charge in [0.25, 0.3) is 5.91 Å². The monoisotopic (exact) mass is 392 g/mol. The Hall–Kier alpha value is -3.12. The van der Waals surface area contributed by atoms with Crippen LogP contribution in [0.15, 0.2) is 59.5 Å². The molecule has 1 amide bonds. The van der Waals surface area contributed by atoms with E-state index < -0.39 is 0 Å². The van der Waals surface area contributed by atoms with Crippen molar-refractivity contribution in [2.45, 2.75) is 13.8 Å². The Bertz CT molecular complexity index is 1030. The van der Waals surface area contributed by atoms with E-state index in [9.17, 15) is 4.79 Å². The fourth-order valence-electron chi connectivity index (χ4n) is 3.02. The molecule has 0 bridgehead atoms. The number of benzene rings is 2. The second kappa shape index (κ2) is 7.86. The molecule has 1 aliphatic rings. The molecule has 1 aromatic heterocycles. The summed E-state index contributed by atoms with van der Waals surface area (Å²) >= 11 is 1.45. The highest BCUT2D eigenvalue weighted by Gasteiger charge is 2.27. The molecule has 4 rings (SSSR count). The summed E-state index contributed by atoms with van der Waals surface area (Å²) < 4.78 is 11.4. The van der Waals surface area contributed by atoms with Crippen molar-refractivity contribution >= 4 is 34.1 Å². The fraction of sp³-hybridized carbons (Fsp3) is 0.182. The van der Waals surface area contributed by atoms with Crippen molar-refractivity contribution in [3.63, 3.8) is 0 Å². The highest BCUT2D eigenvalue weighted by atomic mass is 32.1. The second-order valence-corrected chi connectivity index (χ2v) is 7.18. The number of aryl methyl sites for hydroxylation is 1. The molecule has 6 heteroatoms. The third-order valence-electron chi connectivity index (χ3n) is 4.30. The van der Waals surface area contributed by atoms with E-state index in [0.29, 0.717) is 17.3 Å². The van der Waals surface area contributed by atoms with E-state index in [1.165, 1.54) is 11.3 Å². The Morgan fingerprint density at radius 2 is 2.07 bits per heavy atom. The number of ether oxygens (including phenoxy) is 2. The van der Waals surface area contributed by atoms with Gasteiger partial charge in [0.05, 0.1) is 23.6 Å². The van der Waals surface area contributed by atoms with Crippen LogP contribution in [0.5, 0.6) is 11.5 Å². The van der Waals surface area contributed by atoms with E-state index in [1.807, 2.05) is 73.8 Å². The molecule has 1 aliphatic heterocycles. The first-order valence-corrected chi connectivity index (χ1v) is 9.95. The van der Waals surface area contributed by atoms with Gasteiger partial charge in [-0.1, -0.05) is 18.2 Å². The highest BCUT2D eigenvalue weighted by Crippen LogP contribution is 2.34. The largest absolute Gasteiger partial charge is 0.494 e. The molecule has 0 aliphatic carbocycles. The van der Waals surface area contributed by atoms with Crippen molar-refractivity contribution in [2.75, 3.05) is 18.1 Å². The lowest BCUT2D eigenvalue weighted by molar-refractivity contribution is -0.114. The lowest BCUT2D eigenvalue weighted by Gasteiger charge is -2.24. The van der Waals surface area contributed by atoms with Gasteiger partial charge in [0.15, 0.2) is 5.13 Å². The summed E-state index contributed by atoms with van der Waals surface area (Å²) in [6.07, 6.45) is 1.88. The molecule has 5 nitrogen and oxygen atoms in total. The molecule has 0 radical (unpaired) electrons. The first-order chi connectivity index (χ1) is 13.7. The summed E-state index contributed by atoms with van der Waals surface area (Å²) in [7, 11) is 0. The summed E-state index contributed by atoms with van der Waals surface area (Å²) in [6, 6.07) is 15.2. The Morgan fingerprint density at radius 3 is 2.79 bits per heavy atom. The predicted molar refractivity (Wildman–Crippen MR) is 112 cm³/mol. The normalized spacial score (nSPS) is 12.6. The van der Waals surface area contributed by atoms with Gasteiger partial charge >= 0.3 is 0 Å². The van der Waals surface area contributed by atoms with Gasteiger partial charge in [0, 0.05) is 10.9 Å². The van der Waals surface area contributed by atoms with Crippen LogP contribution in [-0.4, -0.2) is 24.1 Å². The molecule has 0 saturated heterocycles. The van der Waals surface area contributed by atoms with Gasteiger partial charge < -0.3 is 9.47 Å². The molecule has 28 heavy (non-hydrogen) atoms. The van der Waals surface area contributed by atoms with E-state index in [0.717, 1.165) is 28.4 Å². The Kier molecular flexibility index (Phi) is 5.12. The highest BCUT2D eigenvalue weighted by molar-refractivity contribution is 7.14. The van der Waals surface area contributed by atoms with Gasteiger partial charge in [0.1, 0.15) is 18.1 Å². The number of thiazole rings is 1. The number of rotatable bonds is 5. The van der Waals surface area contributed by atoms with Crippen LogP contribution in [0.1, 0.15) is 18.2 Å². The molecule has 0 unspecified atom stereocenters. The zero-order valence-corrected chi connectivity index (χ0v) is 16.5. The van der Waals surface area contributed by atoms with Gasteiger partial charge in [-0.15, -0.1) is 11.3 Å². The summed E-state index contributed by atoms with van der Waals surface area (Å²) in [5.74, 6) is 1.36. The zero-order valence-electron chi connectivity index (χ0n) is 15.7. The molecule has 0 saturated carbocycles. The van der Waals surface area contributed by atoms with Crippen LogP contribution in [0.4, 0.5) is 10.8 Å². The number of fused-ring (bicyclic) bond motifs is 1. The maximum atomic E-state index is 13.4. The Balaban J connectivity index is 1.72. The van der Waals surface area contributed by atoms with E-state index in [-0.39, 0.29) is 12.5 Å². The number of amides is 1. The maximum absolute atomic E-state index is 13.4. The molecule has 0 atom stereocenters. The van der Waals surface area contributed by atoms with Gasteiger partial charge in [-0.25, -0.2) is 4.98 Å². The quantitative estimate of drug-likeness (QED) is 0.614. The molecular weight excluding hydrogens is 372 g/mol. The molecule has 142 valence electrons. The van der Waals surface area contributed by atoms with Crippen molar-refractivity contribution in [2.24, 2.45) is 0 Å². The van der Waals surface area contributed by atoms with Crippen LogP contribution in [-0.2, 0) is 4.79 Å². The molecule has 3 aromatic rings. The first-order valence-electron chi connectivity index (χ1n) is 9.07. The minimum Gasteiger partial charge on any atom is -0.494 e. The number of carbonyl (C=O) groups excluding carboxylic acids is 1. The Morgan fingerprint density at radius 1 is 1.25 bits per heavy atom. The predicted octanol–water partition coefficient (Wildman–Crippen LogP) is 4.99. The molecule has 0 N–H and O–H groups in total. The smallest absolute Gasteiger partial charge is 0.264 e. The van der Waals surface area contributed by atoms with Crippen molar-refractivity contribution in [3.8, 4) is 11.5 Å². The average Bonchev–Trinajstić information content (AvgIpc) is 3.14. The first kappa shape index (κ1) is 18.3. The molecule has 0 spiro atoms. The van der Waals surface area contributed by atoms with Crippen LogP contribution >= 0.6 is 11.3 Å². The number of anilines is 2. The molecule has 0 fully saturated rings. The minimum absolute atomic E-state index is 0.145. The molecular formula is C22H20N2O3S.